The van der Waals surface area contributed by atoms with E-state index in [1.807, 2.05) is 0 Å². The standard InChI is InChI=1S/C19H20ClFN6O5S/c20-19-23-8-14(21)18(26-19)25-16-13-5-9(15(16)17(22)28)4-10(13)7-24-33(31,32)12-3-1-2-11(6-12)27(29)30/h1-3,6,8-10,13,15-16,24H,4-5,7H2,(H2,22,28)(H,23,25,26)/t9-,10?,13-,15+,16-/m1/s1. The van der Waals surface area contributed by atoms with Gasteiger partial charge in [-0.25, -0.2) is 22.5 Å². The number of nitro benzene ring substituents is 1. The lowest BCUT2D eigenvalue weighted by molar-refractivity contribution is -0.385. The molecular weight excluding hydrogens is 479 g/mol. The van der Waals surface area contributed by atoms with Crippen LogP contribution in [0.15, 0.2) is 35.4 Å². The number of nitrogens with two attached hydrogens (primary N) is 1. The third kappa shape index (κ3) is 4.61. The summed E-state index contributed by atoms with van der Waals surface area (Å²) in [4.78, 5) is 29.6. The van der Waals surface area contributed by atoms with Crippen LogP contribution in [0.25, 0.3) is 0 Å². The Balaban J connectivity index is 1.51. The lowest BCUT2D eigenvalue weighted by Gasteiger charge is -2.35. The first-order valence-corrected chi connectivity index (χ1v) is 11.9. The topological polar surface area (TPSA) is 170 Å². The summed E-state index contributed by atoms with van der Waals surface area (Å²) < 4.78 is 42.1. The molecule has 11 nitrogen and oxygen atoms in total. The number of amides is 1. The SMILES string of the molecule is NC(=O)[C@H]1[C@@H]2CC(CNS(=O)(=O)c3cccc([N+](=O)[O-])c3)[C@@H](C2)[C@H]1Nc1nc(Cl)ncc1F. The molecule has 2 aliphatic rings. The number of carbonyl (C=O) groups is 1. The van der Waals surface area contributed by atoms with Gasteiger partial charge >= 0.3 is 0 Å². The fraction of sp³-hybridized carbons (Fsp3) is 0.421. The van der Waals surface area contributed by atoms with Crippen LogP contribution in [0, 0.1) is 39.6 Å². The molecule has 2 saturated carbocycles. The van der Waals surface area contributed by atoms with Crippen LogP contribution in [0.3, 0.4) is 0 Å². The van der Waals surface area contributed by atoms with E-state index in [2.05, 4.69) is 20.0 Å². The Labute approximate surface area is 193 Å². The number of fused-ring (bicyclic) bond motifs is 2. The highest BCUT2D eigenvalue weighted by Gasteiger charge is 2.55. The minimum absolute atomic E-state index is 0.0445. The predicted molar refractivity (Wildman–Crippen MR) is 115 cm³/mol. The van der Waals surface area contributed by atoms with Crippen molar-refractivity contribution in [2.24, 2.45) is 29.4 Å². The Bertz CT molecular complexity index is 1210. The first-order chi connectivity index (χ1) is 15.6. The maximum atomic E-state index is 14.2. The number of rotatable bonds is 8. The number of carbonyl (C=O) groups excluding carboxylic acids is 1. The fourth-order valence-corrected chi connectivity index (χ4v) is 6.27. The molecule has 176 valence electrons. The normalized spacial score (nSPS) is 26.3. The lowest BCUT2D eigenvalue weighted by atomic mass is 9.78. The first kappa shape index (κ1) is 23.3. The van der Waals surface area contributed by atoms with Gasteiger partial charge in [-0.15, -0.1) is 0 Å². The molecule has 1 unspecified atom stereocenters. The molecule has 14 heteroatoms. The van der Waals surface area contributed by atoms with Crippen molar-refractivity contribution in [1.82, 2.24) is 14.7 Å². The number of benzene rings is 1. The van der Waals surface area contributed by atoms with Crippen molar-refractivity contribution in [1.29, 1.82) is 0 Å². The maximum Gasteiger partial charge on any atom is 0.270 e. The number of nitrogens with one attached hydrogen (secondary N) is 2. The molecule has 1 heterocycles. The summed E-state index contributed by atoms with van der Waals surface area (Å²) in [5.74, 6) is -2.46. The molecule has 1 aromatic heterocycles. The molecule has 0 radical (unpaired) electrons. The largest absolute Gasteiger partial charge is 0.369 e. The molecule has 0 saturated heterocycles. The molecule has 1 aromatic carbocycles. The van der Waals surface area contributed by atoms with Gasteiger partial charge in [0.15, 0.2) is 11.6 Å². The van der Waals surface area contributed by atoms with Crippen LogP contribution in [0.1, 0.15) is 12.8 Å². The molecular formula is C19H20ClFN6O5S. The molecule has 2 aromatic rings. The average molecular weight is 499 g/mol. The molecule has 33 heavy (non-hydrogen) atoms. The highest BCUT2D eigenvalue weighted by atomic mass is 35.5. The summed E-state index contributed by atoms with van der Waals surface area (Å²) in [6, 6.07) is 4.19. The Hall–Kier alpha value is -2.90. The second kappa shape index (κ2) is 8.80. The predicted octanol–water partition coefficient (Wildman–Crippen LogP) is 1.69. The monoisotopic (exact) mass is 498 g/mol. The van der Waals surface area contributed by atoms with Gasteiger partial charge in [0.1, 0.15) is 0 Å². The van der Waals surface area contributed by atoms with E-state index in [4.69, 9.17) is 17.3 Å². The number of aromatic nitrogens is 2. The third-order valence-corrected chi connectivity index (χ3v) is 7.97. The Morgan fingerprint density at radius 3 is 2.82 bits per heavy atom. The molecule has 4 rings (SSSR count). The smallest absolute Gasteiger partial charge is 0.270 e. The zero-order valence-electron chi connectivity index (χ0n) is 17.0. The average Bonchev–Trinajstić information content (AvgIpc) is 3.33. The summed E-state index contributed by atoms with van der Waals surface area (Å²) in [5.41, 5.74) is 5.27. The Morgan fingerprint density at radius 2 is 2.12 bits per heavy atom. The number of hydrogen-bond donors (Lipinski definition) is 3. The highest BCUT2D eigenvalue weighted by Crippen LogP contribution is 2.52. The van der Waals surface area contributed by atoms with Crippen LogP contribution in [-0.4, -0.2) is 41.8 Å². The third-order valence-electron chi connectivity index (χ3n) is 6.36. The number of hydrogen-bond acceptors (Lipinski definition) is 8. The van der Waals surface area contributed by atoms with Gasteiger partial charge in [-0.05, 0) is 48.3 Å². The van der Waals surface area contributed by atoms with E-state index < -0.39 is 38.6 Å². The van der Waals surface area contributed by atoms with Gasteiger partial charge in [0.25, 0.3) is 5.69 Å². The quantitative estimate of drug-likeness (QED) is 0.280. The van der Waals surface area contributed by atoms with Gasteiger partial charge in [-0.3, -0.25) is 14.9 Å². The Morgan fingerprint density at radius 1 is 1.36 bits per heavy atom. The summed E-state index contributed by atoms with van der Waals surface area (Å²) in [7, 11) is -4.00. The van der Waals surface area contributed by atoms with Gasteiger partial charge in [0.2, 0.25) is 21.2 Å². The van der Waals surface area contributed by atoms with Crippen LogP contribution in [0.4, 0.5) is 15.9 Å². The molecule has 2 aliphatic carbocycles. The lowest BCUT2D eigenvalue weighted by Crippen LogP contribution is -2.47. The van der Waals surface area contributed by atoms with Crippen molar-refractivity contribution < 1.29 is 22.5 Å². The number of halogens is 2. The van der Waals surface area contributed by atoms with Crippen molar-refractivity contribution in [3.63, 3.8) is 0 Å². The molecule has 2 bridgehead atoms. The highest BCUT2D eigenvalue weighted by molar-refractivity contribution is 7.89. The molecule has 1 amide bonds. The van der Waals surface area contributed by atoms with Crippen molar-refractivity contribution in [2.45, 2.75) is 23.8 Å². The minimum atomic E-state index is -4.00. The molecule has 0 spiro atoms. The van der Waals surface area contributed by atoms with E-state index in [-0.39, 0.29) is 46.0 Å². The van der Waals surface area contributed by atoms with Gasteiger partial charge in [0.05, 0.1) is 21.9 Å². The fourth-order valence-electron chi connectivity index (χ4n) is 5.00. The van der Waals surface area contributed by atoms with E-state index in [1.165, 1.54) is 18.2 Å². The summed E-state index contributed by atoms with van der Waals surface area (Å²) in [5, 5.41) is 13.7. The minimum Gasteiger partial charge on any atom is -0.369 e. The number of primary amides is 1. The second-order valence-corrected chi connectivity index (χ2v) is 10.3. The van der Waals surface area contributed by atoms with E-state index in [0.29, 0.717) is 12.8 Å². The summed E-state index contributed by atoms with van der Waals surface area (Å²) in [6.07, 6.45) is 2.07. The molecule has 5 atom stereocenters. The van der Waals surface area contributed by atoms with E-state index >= 15 is 0 Å². The maximum absolute atomic E-state index is 14.2. The van der Waals surface area contributed by atoms with Gasteiger partial charge in [-0.2, -0.15) is 4.98 Å². The number of sulfonamides is 1. The molecule has 0 aliphatic heterocycles. The number of nitrogens with zero attached hydrogens (tertiary/aromatic N) is 3. The van der Waals surface area contributed by atoms with Crippen molar-refractivity contribution >= 4 is 39.0 Å². The van der Waals surface area contributed by atoms with Crippen LogP contribution < -0.4 is 15.8 Å². The van der Waals surface area contributed by atoms with Crippen molar-refractivity contribution in [2.75, 3.05) is 11.9 Å². The zero-order chi connectivity index (χ0) is 23.9. The number of anilines is 1. The zero-order valence-corrected chi connectivity index (χ0v) is 18.6. The molecule has 4 N–H and O–H groups in total. The van der Waals surface area contributed by atoms with Gasteiger partial charge in [0, 0.05) is 24.7 Å². The van der Waals surface area contributed by atoms with Crippen LogP contribution >= 0.6 is 11.6 Å². The number of nitro groups is 1. The van der Waals surface area contributed by atoms with Crippen molar-refractivity contribution in [3.05, 3.63) is 51.7 Å². The second-order valence-electron chi connectivity index (χ2n) is 8.20. The van der Waals surface area contributed by atoms with Gasteiger partial charge in [-0.1, -0.05) is 6.07 Å². The summed E-state index contributed by atoms with van der Waals surface area (Å²) in [6.45, 7) is 0.0445. The van der Waals surface area contributed by atoms with Gasteiger partial charge < -0.3 is 11.1 Å². The van der Waals surface area contributed by atoms with E-state index in [1.54, 1.807) is 0 Å². The van der Waals surface area contributed by atoms with Crippen LogP contribution in [-0.2, 0) is 14.8 Å². The van der Waals surface area contributed by atoms with E-state index in [0.717, 1.165) is 12.3 Å². The van der Waals surface area contributed by atoms with Crippen molar-refractivity contribution in [3.8, 4) is 0 Å². The molecule has 2 fully saturated rings. The Kier molecular flexibility index (Phi) is 6.20. The van der Waals surface area contributed by atoms with E-state index in [9.17, 15) is 27.7 Å². The summed E-state index contributed by atoms with van der Waals surface area (Å²) >= 11 is 5.76. The van der Waals surface area contributed by atoms with Crippen LogP contribution in [0.2, 0.25) is 5.28 Å². The van der Waals surface area contributed by atoms with Crippen LogP contribution in [0.5, 0.6) is 0 Å². The first-order valence-electron chi connectivity index (χ1n) is 10.0. The number of non-ortho nitro benzene ring substituents is 1.